The second kappa shape index (κ2) is 27.0. The molecule has 1 unspecified atom stereocenters. The third kappa shape index (κ3) is 14.3. The van der Waals surface area contributed by atoms with E-state index in [0.717, 1.165) is 0 Å². The van der Waals surface area contributed by atoms with Crippen molar-refractivity contribution in [2.75, 3.05) is 39.8 Å². The van der Waals surface area contributed by atoms with Gasteiger partial charge in [0.05, 0.1) is 71.4 Å². The number of nitrogens with zero attached hydrogens (tertiary/aromatic N) is 2. The second-order valence-electron chi connectivity index (χ2n) is 21.9. The summed E-state index contributed by atoms with van der Waals surface area (Å²) >= 11 is 12.5. The van der Waals surface area contributed by atoms with Crippen molar-refractivity contribution in [3.05, 3.63) is 46.2 Å². The molecule has 0 aliphatic carbocycles. The number of esters is 3. The summed E-state index contributed by atoms with van der Waals surface area (Å²) in [6, 6.07) is 2.94. The van der Waals surface area contributed by atoms with E-state index in [1.807, 2.05) is 6.92 Å². The van der Waals surface area contributed by atoms with Crippen molar-refractivity contribution in [3.63, 3.8) is 0 Å². The van der Waals surface area contributed by atoms with E-state index in [0.29, 0.717) is 12.2 Å². The van der Waals surface area contributed by atoms with Gasteiger partial charge in [-0.05, 0) is 85.4 Å². The van der Waals surface area contributed by atoms with Gasteiger partial charge < -0.3 is 72.8 Å². The zero-order chi connectivity index (χ0) is 59.2. The minimum atomic E-state index is -1.57. The molecule has 1 aromatic carbocycles. The van der Waals surface area contributed by atoms with Crippen molar-refractivity contribution in [1.82, 2.24) is 9.88 Å². The van der Waals surface area contributed by atoms with Gasteiger partial charge in [-0.3, -0.25) is 29.0 Å². The Hall–Kier alpha value is -4.91. The molecule has 1 aromatic heterocycles. The van der Waals surface area contributed by atoms with Gasteiger partial charge in [0.1, 0.15) is 17.5 Å². The second-order valence-corrected chi connectivity index (χ2v) is 22.7. The molecular weight excluding hydrogens is 1090 g/mol. The fourth-order valence-electron chi connectivity index (χ4n) is 11.7. The largest absolute Gasteiger partial charge is 0.493 e. The molecule has 5 heterocycles. The van der Waals surface area contributed by atoms with Crippen LogP contribution in [0.3, 0.4) is 0 Å². The van der Waals surface area contributed by atoms with Gasteiger partial charge in [-0.25, -0.2) is 4.79 Å². The summed E-state index contributed by atoms with van der Waals surface area (Å²) in [6.45, 7) is 18.3. The summed E-state index contributed by atoms with van der Waals surface area (Å²) in [5.41, 5.74) is 2.95. The molecular formula is C56H80Cl2N4O18. The van der Waals surface area contributed by atoms with Crippen LogP contribution >= 0.6 is 23.2 Å². The van der Waals surface area contributed by atoms with E-state index in [9.17, 15) is 24.0 Å². The van der Waals surface area contributed by atoms with E-state index in [2.05, 4.69) is 10.3 Å². The van der Waals surface area contributed by atoms with E-state index in [1.165, 1.54) is 58.5 Å². The lowest BCUT2D eigenvalue weighted by atomic mass is 9.75. The SMILES string of the molecule is CC[C@H]1OC(=O)[C@H](C)[C@@H](O[C@H]2C[C@@](C)(OC)[C@@H](OC(C)=O)[C@H](C)O2)[C@H](C)[C@@H](OC2O[C@H](C)C[C@H](N)[C@H]2OC(C)=O)[C@](C)(OC)CCC(=O)[C@H](C)[C@H]2N(CCCOc3cc(C(=O)Nc4c(Cl)cncc4Cl)ccc3OC)C(=O)O[C@]12C. The Morgan fingerprint density at radius 3 is 2.14 bits per heavy atom. The summed E-state index contributed by atoms with van der Waals surface area (Å²) in [4.78, 5) is 88.0. The molecule has 17 atom stereocenters. The minimum absolute atomic E-state index is 0.0139. The number of ketones is 1. The third-order valence-corrected chi connectivity index (χ3v) is 16.7. The minimum Gasteiger partial charge on any atom is -0.493 e. The van der Waals surface area contributed by atoms with E-state index in [4.69, 9.17) is 85.8 Å². The van der Waals surface area contributed by atoms with Gasteiger partial charge in [0.2, 0.25) is 0 Å². The molecule has 4 fully saturated rings. The third-order valence-electron chi connectivity index (χ3n) is 16.1. The lowest BCUT2D eigenvalue weighted by Crippen LogP contribution is -2.61. The van der Waals surface area contributed by atoms with Crippen molar-refractivity contribution in [1.29, 1.82) is 0 Å². The highest BCUT2D eigenvalue weighted by Gasteiger charge is 2.60. The quantitative estimate of drug-likeness (QED) is 0.0875. The lowest BCUT2D eigenvalue weighted by molar-refractivity contribution is -0.317. The molecule has 4 aliphatic rings. The normalized spacial score (nSPS) is 35.2. The number of cyclic esters (lactones) is 1. The highest BCUT2D eigenvalue weighted by Crippen LogP contribution is 2.45. The monoisotopic (exact) mass is 1170 g/mol. The van der Waals surface area contributed by atoms with Crippen molar-refractivity contribution in [2.24, 2.45) is 23.5 Å². The Bertz CT molecular complexity index is 2530. The molecule has 4 saturated heterocycles. The number of hydrogen-bond donors (Lipinski definition) is 2. The average Bonchev–Trinajstić information content (AvgIpc) is 3.66. The molecule has 22 nitrogen and oxygen atoms in total. The Labute approximate surface area is 478 Å². The standard InChI is InChI=1S/C56H80Cl2N4O18/c1-15-42-56(11)47(62(53(68)80-56)21-16-22-72-41-24-35(17-18-40(41)69-12)50(66)61-44-36(57)26-60-27-37(44)58)29(3)39(65)19-20-54(9,70-13)48(79-52-46(75-33(7)63)38(59)23-28(2)73-52)30(4)45(31(5)51(67)77-42)78-43-25-55(10,71-14)49(32(6)74-43)76-34(8)64/h17-18,24,26-32,38,42-43,45-49,52H,15-16,19-23,25,59H2,1-14H3,(H,60,61,66)/t28-,29+,30+,31-,32+,38+,42-,43+,45+,46-,47-,48-,49+,52?,54-,55-,56-/m1/s1. The number of benzene rings is 1. The van der Waals surface area contributed by atoms with Crippen LogP contribution in [0.15, 0.2) is 30.6 Å². The number of carbonyl (C=O) groups excluding carboxylic acids is 6. The first-order valence-electron chi connectivity index (χ1n) is 27.1. The number of halogens is 2. The number of ether oxygens (including phenoxy) is 12. The van der Waals surface area contributed by atoms with Crippen LogP contribution < -0.4 is 20.5 Å². The van der Waals surface area contributed by atoms with Gasteiger partial charge >= 0.3 is 24.0 Å². The number of nitrogens with one attached hydrogen (secondary N) is 1. The van der Waals surface area contributed by atoms with Crippen LogP contribution in [0.1, 0.15) is 125 Å². The maximum absolute atomic E-state index is 15.1. The van der Waals surface area contributed by atoms with E-state index < -0.39 is 132 Å². The first-order chi connectivity index (χ1) is 37.6. The number of carbonyl (C=O) groups is 6. The molecule has 2 aromatic rings. The zero-order valence-corrected chi connectivity index (χ0v) is 49.7. The predicted octanol–water partition coefficient (Wildman–Crippen LogP) is 7.63. The topological polar surface area (TPSA) is 267 Å². The number of methoxy groups -OCH3 is 3. The maximum atomic E-state index is 15.1. The number of pyridine rings is 1. The van der Waals surface area contributed by atoms with Crippen LogP contribution in [-0.2, 0) is 66.5 Å². The van der Waals surface area contributed by atoms with Gasteiger partial charge in [0, 0.05) is 83.3 Å². The van der Waals surface area contributed by atoms with Gasteiger partial charge in [0.15, 0.2) is 41.9 Å². The maximum Gasteiger partial charge on any atom is 0.410 e. The molecule has 6 rings (SSSR count). The molecule has 0 radical (unpaired) electrons. The molecule has 0 bridgehead atoms. The zero-order valence-electron chi connectivity index (χ0n) is 48.2. The van der Waals surface area contributed by atoms with E-state index in [1.54, 1.807) is 67.5 Å². The van der Waals surface area contributed by atoms with Gasteiger partial charge in [-0.15, -0.1) is 0 Å². The molecule has 0 spiro atoms. The van der Waals surface area contributed by atoms with Crippen LogP contribution in [0.2, 0.25) is 10.0 Å². The molecule has 3 N–H and O–H groups in total. The Balaban J connectivity index is 1.34. The van der Waals surface area contributed by atoms with E-state index >= 15 is 4.79 Å². The van der Waals surface area contributed by atoms with Crippen LogP contribution in [0, 0.1) is 17.8 Å². The Morgan fingerprint density at radius 1 is 0.863 bits per heavy atom. The van der Waals surface area contributed by atoms with Gasteiger partial charge in [0.25, 0.3) is 5.91 Å². The van der Waals surface area contributed by atoms with Crippen molar-refractivity contribution >= 4 is 64.6 Å². The highest BCUT2D eigenvalue weighted by molar-refractivity contribution is 6.39. The fourth-order valence-corrected chi connectivity index (χ4v) is 12.1. The van der Waals surface area contributed by atoms with Crippen LogP contribution in [0.4, 0.5) is 10.5 Å². The van der Waals surface area contributed by atoms with Crippen LogP contribution in [0.5, 0.6) is 11.5 Å². The molecule has 24 heteroatoms. The molecule has 0 saturated carbocycles. The average molecular weight is 1170 g/mol. The number of anilines is 1. The van der Waals surface area contributed by atoms with Gasteiger partial charge in [-0.1, -0.05) is 44.0 Å². The first kappa shape index (κ1) is 64.3. The van der Waals surface area contributed by atoms with E-state index in [-0.39, 0.29) is 78.1 Å². The highest BCUT2D eigenvalue weighted by atomic mass is 35.5. The van der Waals surface area contributed by atoms with Crippen LogP contribution in [0.25, 0.3) is 0 Å². The fraction of sp³-hybridized carbons (Fsp3) is 0.696. The number of fused-ring (bicyclic) bond motifs is 1. The Kier molecular flexibility index (Phi) is 21.7. The number of nitrogens with two attached hydrogens (primary N) is 1. The number of aromatic nitrogens is 1. The number of Topliss-reactive ketones (excluding diaryl/α,β-unsaturated/α-hetero) is 1. The van der Waals surface area contributed by atoms with Gasteiger partial charge in [-0.2, -0.15) is 0 Å². The molecule has 80 heavy (non-hydrogen) atoms. The molecule has 2 amide bonds. The molecule has 4 aliphatic heterocycles. The van der Waals surface area contributed by atoms with Crippen molar-refractivity contribution in [3.8, 4) is 11.5 Å². The summed E-state index contributed by atoms with van der Waals surface area (Å²) in [5.74, 6) is -4.99. The summed E-state index contributed by atoms with van der Waals surface area (Å²) < 4.78 is 75.1. The predicted molar refractivity (Wildman–Crippen MR) is 290 cm³/mol. The summed E-state index contributed by atoms with van der Waals surface area (Å²) in [6.07, 6.45) is -6.03. The number of hydrogen-bond acceptors (Lipinski definition) is 20. The van der Waals surface area contributed by atoms with Crippen LogP contribution in [-0.4, -0.2) is 164 Å². The molecule has 446 valence electrons. The first-order valence-corrected chi connectivity index (χ1v) is 27.9. The van der Waals surface area contributed by atoms with Crippen molar-refractivity contribution in [2.45, 2.75) is 199 Å². The number of amides is 2. The number of rotatable bonds is 17. The van der Waals surface area contributed by atoms with Crippen molar-refractivity contribution < 1.29 is 85.6 Å². The smallest absolute Gasteiger partial charge is 0.410 e. The lowest BCUT2D eigenvalue weighted by Gasteiger charge is -2.49. The summed E-state index contributed by atoms with van der Waals surface area (Å²) in [5, 5.41) is 2.99. The summed E-state index contributed by atoms with van der Waals surface area (Å²) in [7, 11) is 4.42. The Morgan fingerprint density at radius 2 is 1.52 bits per heavy atom.